The van der Waals surface area contributed by atoms with E-state index in [0.717, 1.165) is 0 Å². The molecule has 0 aliphatic rings. The van der Waals surface area contributed by atoms with Crippen molar-refractivity contribution in [3.8, 4) is 5.82 Å². The number of anilines is 1. The Labute approximate surface area is 68.9 Å². The zero-order valence-corrected chi connectivity index (χ0v) is 6.25. The van der Waals surface area contributed by atoms with Gasteiger partial charge in [0.25, 0.3) is 0 Å². The van der Waals surface area contributed by atoms with Gasteiger partial charge in [0.2, 0.25) is 0 Å². The first-order valence-electron chi connectivity index (χ1n) is 3.44. The van der Waals surface area contributed by atoms with Crippen LogP contribution in [0, 0.1) is 0 Å². The van der Waals surface area contributed by atoms with Crippen LogP contribution in [0.3, 0.4) is 0 Å². The second-order valence-corrected chi connectivity index (χ2v) is 2.23. The molecule has 2 rings (SSSR count). The fourth-order valence-electron chi connectivity index (χ4n) is 0.906. The van der Waals surface area contributed by atoms with Gasteiger partial charge in [0.15, 0.2) is 5.82 Å². The molecule has 2 aromatic rings. The Balaban J connectivity index is 2.51. The van der Waals surface area contributed by atoms with Crippen molar-refractivity contribution in [1.29, 1.82) is 0 Å². The largest absolute Gasteiger partial charge is 0.384 e. The topological polar surface area (TPSA) is 69.6 Å². The molecule has 0 spiro atoms. The fourth-order valence-corrected chi connectivity index (χ4v) is 0.906. The summed E-state index contributed by atoms with van der Waals surface area (Å²) >= 11 is 0. The smallest absolute Gasteiger partial charge is 0.174 e. The molecule has 12 heavy (non-hydrogen) atoms. The van der Waals surface area contributed by atoms with Crippen molar-refractivity contribution in [2.75, 3.05) is 5.73 Å². The fraction of sp³-hybridized carbons (Fsp3) is 0. The Morgan fingerprint density at radius 3 is 2.75 bits per heavy atom. The Morgan fingerprint density at radius 2 is 2.17 bits per heavy atom. The Hall–Kier alpha value is -1.91. The van der Waals surface area contributed by atoms with Gasteiger partial charge in [-0.15, -0.1) is 0 Å². The Kier molecular flexibility index (Phi) is 1.48. The maximum atomic E-state index is 5.61. The van der Waals surface area contributed by atoms with Gasteiger partial charge in [-0.3, -0.25) is 4.98 Å². The monoisotopic (exact) mass is 161 g/mol. The third kappa shape index (κ3) is 1.01. The van der Waals surface area contributed by atoms with Crippen molar-refractivity contribution < 1.29 is 0 Å². The number of hydrogen-bond donors (Lipinski definition) is 1. The van der Waals surface area contributed by atoms with Crippen LogP contribution in [0.25, 0.3) is 5.82 Å². The zero-order chi connectivity index (χ0) is 8.39. The zero-order valence-electron chi connectivity index (χ0n) is 6.25. The summed E-state index contributed by atoms with van der Waals surface area (Å²) in [5.41, 5.74) is 5.61. The van der Waals surface area contributed by atoms with Gasteiger partial charge in [0.05, 0.1) is 12.4 Å². The van der Waals surface area contributed by atoms with Crippen molar-refractivity contribution in [2.24, 2.45) is 0 Å². The number of nitrogen functional groups attached to an aromatic ring is 1. The molecule has 0 amide bonds. The van der Waals surface area contributed by atoms with E-state index in [4.69, 9.17) is 5.73 Å². The van der Waals surface area contributed by atoms with Crippen LogP contribution in [0.2, 0.25) is 0 Å². The van der Waals surface area contributed by atoms with E-state index in [-0.39, 0.29) is 0 Å². The third-order valence-corrected chi connectivity index (χ3v) is 1.44. The molecule has 2 aromatic heterocycles. The first-order valence-corrected chi connectivity index (χ1v) is 3.44. The molecule has 0 fully saturated rings. The lowest BCUT2D eigenvalue weighted by Gasteiger charge is -1.99. The van der Waals surface area contributed by atoms with Gasteiger partial charge in [-0.25, -0.2) is 4.98 Å². The molecule has 2 heterocycles. The molecule has 5 nitrogen and oxygen atoms in total. The SMILES string of the molecule is Nc1ccnn1-c1cnccn1. The van der Waals surface area contributed by atoms with Gasteiger partial charge in [0.1, 0.15) is 5.82 Å². The molecule has 60 valence electrons. The highest BCUT2D eigenvalue weighted by Gasteiger charge is 2.00. The highest BCUT2D eigenvalue weighted by atomic mass is 15.3. The predicted molar refractivity (Wildman–Crippen MR) is 43.6 cm³/mol. The number of aromatic nitrogens is 4. The summed E-state index contributed by atoms with van der Waals surface area (Å²) in [5, 5.41) is 3.98. The number of hydrogen-bond acceptors (Lipinski definition) is 4. The van der Waals surface area contributed by atoms with E-state index in [9.17, 15) is 0 Å². The first-order chi connectivity index (χ1) is 5.88. The quantitative estimate of drug-likeness (QED) is 0.650. The summed E-state index contributed by atoms with van der Waals surface area (Å²) in [6, 6.07) is 1.70. The van der Waals surface area contributed by atoms with Gasteiger partial charge >= 0.3 is 0 Å². The van der Waals surface area contributed by atoms with Gasteiger partial charge in [-0.2, -0.15) is 9.78 Å². The summed E-state index contributed by atoms with van der Waals surface area (Å²) < 4.78 is 1.52. The number of rotatable bonds is 1. The molecular weight excluding hydrogens is 154 g/mol. The molecule has 0 saturated carbocycles. The van der Waals surface area contributed by atoms with Gasteiger partial charge < -0.3 is 5.73 Å². The lowest BCUT2D eigenvalue weighted by molar-refractivity contribution is 0.847. The van der Waals surface area contributed by atoms with E-state index in [1.807, 2.05) is 0 Å². The van der Waals surface area contributed by atoms with E-state index < -0.39 is 0 Å². The standard InChI is InChI=1S/C7H7N5/c8-6-1-2-11-12(6)7-5-9-3-4-10-7/h1-5H,8H2. The first kappa shape index (κ1) is 6.78. The Bertz CT molecular complexity index is 366. The highest BCUT2D eigenvalue weighted by Crippen LogP contribution is 2.06. The average Bonchev–Trinajstić information content (AvgIpc) is 2.53. The van der Waals surface area contributed by atoms with Crippen LogP contribution >= 0.6 is 0 Å². The van der Waals surface area contributed by atoms with Gasteiger partial charge in [0, 0.05) is 18.5 Å². The summed E-state index contributed by atoms with van der Waals surface area (Å²) in [4.78, 5) is 7.94. The van der Waals surface area contributed by atoms with Crippen molar-refractivity contribution >= 4 is 5.82 Å². The minimum absolute atomic E-state index is 0.551. The molecule has 5 heteroatoms. The lowest BCUT2D eigenvalue weighted by atomic mass is 10.6. The molecule has 0 radical (unpaired) electrons. The third-order valence-electron chi connectivity index (χ3n) is 1.44. The summed E-state index contributed by atoms with van der Waals surface area (Å²) in [6.07, 6.45) is 6.41. The minimum Gasteiger partial charge on any atom is -0.384 e. The minimum atomic E-state index is 0.551. The number of nitrogens with zero attached hydrogens (tertiary/aromatic N) is 4. The lowest BCUT2D eigenvalue weighted by Crippen LogP contribution is -2.03. The molecular formula is C7H7N5. The van der Waals surface area contributed by atoms with E-state index in [0.29, 0.717) is 11.6 Å². The molecule has 0 bridgehead atoms. The summed E-state index contributed by atoms with van der Waals surface area (Å²) in [7, 11) is 0. The number of nitrogens with two attached hydrogens (primary N) is 1. The van der Waals surface area contributed by atoms with E-state index >= 15 is 0 Å². The highest BCUT2D eigenvalue weighted by molar-refractivity contribution is 5.34. The summed E-state index contributed by atoms with van der Waals surface area (Å²) in [6.45, 7) is 0. The van der Waals surface area contributed by atoms with Crippen LogP contribution in [0.15, 0.2) is 30.9 Å². The van der Waals surface area contributed by atoms with E-state index in [1.54, 1.807) is 30.9 Å². The average molecular weight is 161 g/mol. The van der Waals surface area contributed by atoms with E-state index in [1.165, 1.54) is 4.68 Å². The van der Waals surface area contributed by atoms with Gasteiger partial charge in [-0.05, 0) is 0 Å². The van der Waals surface area contributed by atoms with Crippen LogP contribution in [-0.2, 0) is 0 Å². The predicted octanol–water partition coefficient (Wildman–Crippen LogP) is 0.244. The maximum absolute atomic E-state index is 5.61. The van der Waals surface area contributed by atoms with Crippen LogP contribution in [0.1, 0.15) is 0 Å². The van der Waals surface area contributed by atoms with Gasteiger partial charge in [-0.1, -0.05) is 0 Å². The molecule has 0 aromatic carbocycles. The van der Waals surface area contributed by atoms with Crippen molar-refractivity contribution in [3.63, 3.8) is 0 Å². The second-order valence-electron chi connectivity index (χ2n) is 2.23. The molecule has 0 unspecified atom stereocenters. The molecule has 2 N–H and O–H groups in total. The summed E-state index contributed by atoms with van der Waals surface area (Å²) in [5.74, 6) is 1.18. The molecule has 0 atom stereocenters. The Morgan fingerprint density at radius 1 is 1.25 bits per heavy atom. The van der Waals surface area contributed by atoms with Crippen molar-refractivity contribution in [3.05, 3.63) is 30.9 Å². The van der Waals surface area contributed by atoms with Crippen LogP contribution < -0.4 is 5.73 Å². The van der Waals surface area contributed by atoms with Crippen LogP contribution in [-0.4, -0.2) is 19.7 Å². The molecule has 0 saturated heterocycles. The van der Waals surface area contributed by atoms with Crippen LogP contribution in [0.5, 0.6) is 0 Å². The van der Waals surface area contributed by atoms with Crippen LogP contribution in [0.4, 0.5) is 5.82 Å². The van der Waals surface area contributed by atoms with E-state index in [2.05, 4.69) is 15.1 Å². The molecule has 0 aliphatic heterocycles. The normalized spacial score (nSPS) is 10.0. The van der Waals surface area contributed by atoms with Crippen molar-refractivity contribution in [1.82, 2.24) is 19.7 Å². The van der Waals surface area contributed by atoms with Crippen molar-refractivity contribution in [2.45, 2.75) is 0 Å². The molecule has 0 aliphatic carbocycles. The second kappa shape index (κ2) is 2.61. The maximum Gasteiger partial charge on any atom is 0.174 e.